The van der Waals surface area contributed by atoms with E-state index < -0.39 is 0 Å². The zero-order chi connectivity index (χ0) is 16.8. The molecule has 0 bridgehead atoms. The van der Waals surface area contributed by atoms with Crippen molar-refractivity contribution in [2.24, 2.45) is 0 Å². The molecule has 0 aliphatic heterocycles. The highest BCUT2D eigenvalue weighted by Gasteiger charge is 2.18. The van der Waals surface area contributed by atoms with Crippen molar-refractivity contribution >= 4 is 23.3 Å². The molecule has 4 nitrogen and oxygen atoms in total. The highest BCUT2D eigenvalue weighted by atomic mass is 35.5. The molecule has 122 valence electrons. The Morgan fingerprint density at radius 2 is 1.83 bits per heavy atom. The minimum Gasteiger partial charge on any atom is -0.489 e. The Hall–Kier alpha value is -2.20. The van der Waals surface area contributed by atoms with E-state index in [0.717, 1.165) is 5.56 Å². The number of carbonyl (C=O) groups is 1. The molecule has 23 heavy (non-hydrogen) atoms. The molecule has 2 aromatic carbocycles. The van der Waals surface area contributed by atoms with Crippen LogP contribution in [-0.2, 0) is 0 Å². The summed E-state index contributed by atoms with van der Waals surface area (Å²) < 4.78 is 5.92. The van der Waals surface area contributed by atoms with E-state index in [9.17, 15) is 4.79 Å². The van der Waals surface area contributed by atoms with Crippen molar-refractivity contribution in [2.75, 3.05) is 19.4 Å². The number of alkyl halides is 1. The first-order valence-corrected chi connectivity index (χ1v) is 7.85. The Bertz CT molecular complexity index is 646. The lowest BCUT2D eigenvalue weighted by atomic mass is 10.1. The number of benzene rings is 2. The van der Waals surface area contributed by atoms with E-state index in [4.69, 9.17) is 16.3 Å². The maximum absolute atomic E-state index is 11.7. The predicted molar refractivity (Wildman–Crippen MR) is 94.3 cm³/mol. The van der Waals surface area contributed by atoms with Gasteiger partial charge in [0.1, 0.15) is 11.9 Å². The van der Waals surface area contributed by atoms with E-state index in [1.54, 1.807) is 20.2 Å². The molecule has 0 spiro atoms. The summed E-state index contributed by atoms with van der Waals surface area (Å²) in [6, 6.07) is 16.9. The number of carbonyl (C=O) groups excluding carboxylic acids is 1. The standard InChI is InChI=1S/C18H21ClN2O2/c1-13(17(19)14-8-5-4-6-9-14)23-16-11-7-10-15(12-16)20-18(22)21(2)3/h4-13,17H,1-3H3,(H,20,22). The highest BCUT2D eigenvalue weighted by molar-refractivity contribution is 6.21. The van der Waals surface area contributed by atoms with Gasteiger partial charge in [0.15, 0.2) is 0 Å². The number of anilines is 1. The zero-order valence-corrected chi connectivity index (χ0v) is 14.2. The Morgan fingerprint density at radius 1 is 1.13 bits per heavy atom. The average molecular weight is 333 g/mol. The van der Waals surface area contributed by atoms with Gasteiger partial charge in [0, 0.05) is 25.8 Å². The van der Waals surface area contributed by atoms with Crippen LogP contribution in [0.2, 0.25) is 0 Å². The number of urea groups is 1. The van der Waals surface area contributed by atoms with Crippen LogP contribution in [0.15, 0.2) is 54.6 Å². The number of nitrogens with zero attached hydrogens (tertiary/aromatic N) is 1. The van der Waals surface area contributed by atoms with Gasteiger partial charge >= 0.3 is 6.03 Å². The SMILES string of the molecule is CC(Oc1cccc(NC(=O)N(C)C)c1)C(Cl)c1ccccc1. The van der Waals surface area contributed by atoms with Crippen LogP contribution in [0, 0.1) is 0 Å². The summed E-state index contributed by atoms with van der Waals surface area (Å²) in [6.45, 7) is 1.93. The van der Waals surface area contributed by atoms with Gasteiger partial charge in [0.05, 0.1) is 5.38 Å². The number of nitrogens with one attached hydrogen (secondary N) is 1. The summed E-state index contributed by atoms with van der Waals surface area (Å²) >= 11 is 6.47. The molecule has 0 aliphatic rings. The molecule has 2 aromatic rings. The van der Waals surface area contributed by atoms with E-state index in [2.05, 4.69) is 5.32 Å². The molecule has 0 radical (unpaired) electrons. The molecule has 0 aliphatic carbocycles. The molecule has 0 aromatic heterocycles. The molecule has 1 N–H and O–H groups in total. The van der Waals surface area contributed by atoms with Crippen molar-refractivity contribution in [3.8, 4) is 5.75 Å². The van der Waals surface area contributed by atoms with Crippen molar-refractivity contribution in [1.82, 2.24) is 4.90 Å². The van der Waals surface area contributed by atoms with E-state index in [-0.39, 0.29) is 17.5 Å². The van der Waals surface area contributed by atoms with Crippen molar-refractivity contribution < 1.29 is 9.53 Å². The van der Waals surface area contributed by atoms with Crippen molar-refractivity contribution in [1.29, 1.82) is 0 Å². The van der Waals surface area contributed by atoms with Crippen LogP contribution in [0.25, 0.3) is 0 Å². The number of amides is 2. The number of halogens is 1. The van der Waals surface area contributed by atoms with Crippen LogP contribution in [0.5, 0.6) is 5.75 Å². The Morgan fingerprint density at radius 3 is 2.48 bits per heavy atom. The van der Waals surface area contributed by atoms with Crippen molar-refractivity contribution in [3.63, 3.8) is 0 Å². The lowest BCUT2D eigenvalue weighted by molar-refractivity contribution is 0.216. The van der Waals surface area contributed by atoms with E-state index in [1.165, 1.54) is 4.90 Å². The third kappa shape index (κ3) is 4.89. The Labute approximate surface area is 142 Å². The summed E-state index contributed by atoms with van der Waals surface area (Å²) in [7, 11) is 3.38. The first kappa shape index (κ1) is 17.2. The average Bonchev–Trinajstić information content (AvgIpc) is 2.55. The first-order chi connectivity index (χ1) is 11.0. The van der Waals surface area contributed by atoms with Gasteiger partial charge in [-0.2, -0.15) is 0 Å². The van der Waals surface area contributed by atoms with Gasteiger partial charge in [-0.15, -0.1) is 11.6 Å². The monoisotopic (exact) mass is 332 g/mol. The van der Waals surface area contributed by atoms with Crippen LogP contribution in [0.4, 0.5) is 10.5 Å². The Balaban J connectivity index is 2.03. The van der Waals surface area contributed by atoms with Gasteiger partial charge in [-0.3, -0.25) is 0 Å². The molecule has 0 saturated carbocycles. The second-order valence-corrected chi connectivity index (χ2v) is 5.96. The first-order valence-electron chi connectivity index (χ1n) is 7.41. The van der Waals surface area contributed by atoms with Gasteiger partial charge in [-0.1, -0.05) is 36.4 Å². The number of hydrogen-bond acceptors (Lipinski definition) is 2. The largest absolute Gasteiger partial charge is 0.489 e. The molecular weight excluding hydrogens is 312 g/mol. The third-order valence-electron chi connectivity index (χ3n) is 3.34. The summed E-state index contributed by atoms with van der Waals surface area (Å²) in [4.78, 5) is 13.2. The summed E-state index contributed by atoms with van der Waals surface area (Å²) in [6.07, 6.45) is -0.209. The quantitative estimate of drug-likeness (QED) is 0.817. The highest BCUT2D eigenvalue weighted by Crippen LogP contribution is 2.28. The fourth-order valence-electron chi connectivity index (χ4n) is 2.06. The van der Waals surface area contributed by atoms with Gasteiger partial charge in [-0.25, -0.2) is 4.79 Å². The minimum atomic E-state index is -0.253. The fourth-order valence-corrected chi connectivity index (χ4v) is 2.26. The summed E-state index contributed by atoms with van der Waals surface area (Å²) in [5.41, 5.74) is 1.69. The molecule has 2 atom stereocenters. The van der Waals surface area contributed by atoms with Crippen LogP contribution in [-0.4, -0.2) is 31.1 Å². The molecule has 0 saturated heterocycles. The van der Waals surface area contributed by atoms with Crippen LogP contribution >= 0.6 is 11.6 Å². The molecule has 2 rings (SSSR count). The molecule has 2 unspecified atom stereocenters. The third-order valence-corrected chi connectivity index (χ3v) is 3.95. The summed E-state index contributed by atoms with van der Waals surface area (Å²) in [5.74, 6) is 0.663. The second kappa shape index (κ2) is 7.88. The smallest absolute Gasteiger partial charge is 0.321 e. The lowest BCUT2D eigenvalue weighted by Gasteiger charge is -2.21. The van der Waals surface area contributed by atoms with Gasteiger partial charge in [-0.05, 0) is 24.6 Å². The van der Waals surface area contributed by atoms with Gasteiger partial charge < -0.3 is 15.0 Å². The molecular formula is C18H21ClN2O2. The van der Waals surface area contributed by atoms with Crippen LogP contribution in [0.1, 0.15) is 17.9 Å². The minimum absolute atomic E-state index is 0.185. The number of ether oxygens (including phenoxy) is 1. The van der Waals surface area contributed by atoms with Crippen molar-refractivity contribution in [2.45, 2.75) is 18.4 Å². The number of hydrogen-bond donors (Lipinski definition) is 1. The molecule has 5 heteroatoms. The van der Waals surface area contributed by atoms with E-state index in [1.807, 2.05) is 55.5 Å². The second-order valence-electron chi connectivity index (χ2n) is 5.49. The van der Waals surface area contributed by atoms with Crippen LogP contribution in [0.3, 0.4) is 0 Å². The van der Waals surface area contributed by atoms with E-state index in [0.29, 0.717) is 11.4 Å². The van der Waals surface area contributed by atoms with Gasteiger partial charge in [0.25, 0.3) is 0 Å². The molecule has 0 fully saturated rings. The summed E-state index contributed by atoms with van der Waals surface area (Å²) in [5, 5.41) is 2.54. The molecule has 2 amide bonds. The lowest BCUT2D eigenvalue weighted by Crippen LogP contribution is -2.27. The van der Waals surface area contributed by atoms with E-state index >= 15 is 0 Å². The topological polar surface area (TPSA) is 41.6 Å². The number of rotatable bonds is 5. The maximum Gasteiger partial charge on any atom is 0.321 e. The normalized spacial score (nSPS) is 13.0. The van der Waals surface area contributed by atoms with Crippen molar-refractivity contribution in [3.05, 3.63) is 60.2 Å². The predicted octanol–water partition coefficient (Wildman–Crippen LogP) is 4.53. The maximum atomic E-state index is 11.7. The zero-order valence-electron chi connectivity index (χ0n) is 13.5. The Kier molecular flexibility index (Phi) is 5.88. The van der Waals surface area contributed by atoms with Gasteiger partial charge in [0.2, 0.25) is 0 Å². The molecule has 0 heterocycles. The van der Waals surface area contributed by atoms with Crippen LogP contribution < -0.4 is 10.1 Å². The fraction of sp³-hybridized carbons (Fsp3) is 0.278.